The van der Waals surface area contributed by atoms with Crippen molar-refractivity contribution in [2.45, 2.75) is 57.8 Å². The minimum atomic E-state index is -0.0634. The third-order valence-electron chi connectivity index (χ3n) is 13.0. The topological polar surface area (TPSA) is 0 Å². The van der Waals surface area contributed by atoms with Crippen molar-refractivity contribution in [3.63, 3.8) is 0 Å². The second-order valence-corrected chi connectivity index (χ2v) is 16.2. The summed E-state index contributed by atoms with van der Waals surface area (Å²) >= 11 is 0. The molecule has 270 valence electrons. The van der Waals surface area contributed by atoms with Crippen LogP contribution in [0.3, 0.4) is 0 Å². The molecule has 11 rings (SSSR count). The summed E-state index contributed by atoms with van der Waals surface area (Å²) in [5.41, 5.74) is 9.87. The molecule has 0 unspecified atom stereocenters. The normalized spacial score (nSPS) is 13.0. The molecule has 0 N–H and O–H groups in total. The summed E-state index contributed by atoms with van der Waals surface area (Å²) < 4.78 is 0. The molecule has 0 fully saturated rings. The zero-order valence-corrected chi connectivity index (χ0v) is 32.6. The lowest BCUT2D eigenvalue weighted by Crippen LogP contribution is -2.25. The van der Waals surface area contributed by atoms with Crippen molar-refractivity contribution < 1.29 is 0 Å². The van der Waals surface area contributed by atoms with E-state index in [1.165, 1.54) is 113 Å². The van der Waals surface area contributed by atoms with Gasteiger partial charge in [-0.15, -0.1) is 0 Å². The molecule has 1 aliphatic carbocycles. The minimum Gasteiger partial charge on any atom is -0.0654 e. The fourth-order valence-corrected chi connectivity index (χ4v) is 10.2. The van der Waals surface area contributed by atoms with E-state index in [9.17, 15) is 0 Å². The second kappa shape index (κ2) is 13.3. The van der Waals surface area contributed by atoms with Crippen LogP contribution in [0.25, 0.3) is 75.8 Å². The van der Waals surface area contributed by atoms with E-state index in [2.05, 4.69) is 183 Å². The van der Waals surface area contributed by atoms with E-state index in [-0.39, 0.29) is 5.41 Å². The average Bonchev–Trinajstić information content (AvgIpc) is 3.52. The molecule has 0 saturated carbocycles. The van der Waals surface area contributed by atoms with Gasteiger partial charge in [-0.3, -0.25) is 0 Å². The summed E-state index contributed by atoms with van der Waals surface area (Å²) in [5, 5.41) is 15.4. The van der Waals surface area contributed by atoms with Gasteiger partial charge in [0.2, 0.25) is 0 Å². The highest BCUT2D eigenvalue weighted by Gasteiger charge is 2.42. The Hall–Kier alpha value is -6.60. The van der Waals surface area contributed by atoms with Crippen molar-refractivity contribution in [3.05, 3.63) is 179 Å². The molecular weight excluding hydrogens is 685 g/mol. The van der Waals surface area contributed by atoms with Crippen LogP contribution < -0.4 is 0 Å². The van der Waals surface area contributed by atoms with Crippen molar-refractivity contribution in [1.29, 1.82) is 0 Å². The van der Waals surface area contributed by atoms with Gasteiger partial charge in [-0.25, -0.2) is 0 Å². The Kier molecular flexibility index (Phi) is 7.85. The molecule has 0 bridgehead atoms. The molecule has 0 saturated heterocycles. The number of benzene rings is 10. The zero-order chi connectivity index (χ0) is 38.1. The number of rotatable bonds is 6. The standard InChI is InChI=1S/C57H42/c1-3-5-33-57(34-6-4-2)51-35-37(13-17-39-19-21-45-25-23-41-9-7-11-43-27-31-47(39)55(45)53(41)43)15-29-49(51)50-30-16-38(36-52(50)57)14-18-40-20-22-46-26-24-42-10-8-12-44-28-32-48(40)56(46)54(42)44/h7-12,15-16,19-32,35-36H,3-6,33-34H2,1-2H3. The maximum absolute atomic E-state index is 3.65. The number of unbranched alkanes of at least 4 members (excludes halogenated alkanes) is 2. The van der Waals surface area contributed by atoms with Gasteiger partial charge in [0.05, 0.1) is 0 Å². The Morgan fingerprint density at radius 2 is 0.772 bits per heavy atom. The van der Waals surface area contributed by atoms with Crippen LogP contribution in [0.2, 0.25) is 0 Å². The van der Waals surface area contributed by atoms with Gasteiger partial charge in [0, 0.05) is 27.7 Å². The van der Waals surface area contributed by atoms with Gasteiger partial charge < -0.3 is 0 Å². The number of fused-ring (bicyclic) bond motifs is 3. The lowest BCUT2D eigenvalue weighted by Gasteiger charge is -2.33. The molecule has 0 atom stereocenters. The highest BCUT2D eigenvalue weighted by atomic mass is 14.4. The van der Waals surface area contributed by atoms with Crippen molar-refractivity contribution >= 4 is 64.6 Å². The van der Waals surface area contributed by atoms with Crippen LogP contribution in [-0.2, 0) is 5.41 Å². The fourth-order valence-electron chi connectivity index (χ4n) is 10.2. The molecule has 0 heteroatoms. The maximum atomic E-state index is 3.65. The summed E-state index contributed by atoms with van der Waals surface area (Å²) in [5.74, 6) is 14.6. The van der Waals surface area contributed by atoms with Gasteiger partial charge in [0.1, 0.15) is 0 Å². The summed E-state index contributed by atoms with van der Waals surface area (Å²) in [6, 6.07) is 54.1. The first-order valence-corrected chi connectivity index (χ1v) is 20.8. The molecule has 0 heterocycles. The summed E-state index contributed by atoms with van der Waals surface area (Å²) in [4.78, 5) is 0. The molecule has 10 aromatic rings. The smallest absolute Gasteiger partial charge is 0.0328 e. The van der Waals surface area contributed by atoms with E-state index >= 15 is 0 Å². The Bertz CT molecular complexity index is 3080. The van der Waals surface area contributed by atoms with E-state index in [0.29, 0.717) is 0 Å². The lowest BCUT2D eigenvalue weighted by molar-refractivity contribution is 0.414. The molecule has 0 radical (unpaired) electrons. The molecule has 0 amide bonds. The van der Waals surface area contributed by atoms with Crippen LogP contribution >= 0.6 is 0 Å². The van der Waals surface area contributed by atoms with Gasteiger partial charge >= 0.3 is 0 Å². The zero-order valence-electron chi connectivity index (χ0n) is 32.6. The largest absolute Gasteiger partial charge is 0.0654 e. The Morgan fingerprint density at radius 1 is 0.386 bits per heavy atom. The van der Waals surface area contributed by atoms with Gasteiger partial charge in [0.25, 0.3) is 0 Å². The second-order valence-electron chi connectivity index (χ2n) is 16.2. The minimum absolute atomic E-state index is 0.0634. The van der Waals surface area contributed by atoms with Crippen molar-refractivity contribution in [2.75, 3.05) is 0 Å². The molecule has 10 aromatic carbocycles. The molecule has 1 aliphatic rings. The molecule has 57 heavy (non-hydrogen) atoms. The van der Waals surface area contributed by atoms with E-state index < -0.39 is 0 Å². The fraction of sp³-hybridized carbons (Fsp3) is 0.158. The first-order valence-electron chi connectivity index (χ1n) is 20.8. The quantitative estimate of drug-likeness (QED) is 0.118. The summed E-state index contributed by atoms with van der Waals surface area (Å²) in [6.07, 6.45) is 6.95. The van der Waals surface area contributed by atoms with Crippen LogP contribution in [0.1, 0.15) is 85.8 Å². The van der Waals surface area contributed by atoms with E-state index in [0.717, 1.165) is 35.1 Å². The van der Waals surface area contributed by atoms with Crippen LogP contribution in [0, 0.1) is 23.7 Å². The van der Waals surface area contributed by atoms with Crippen LogP contribution in [0.15, 0.2) is 146 Å². The highest BCUT2D eigenvalue weighted by molar-refractivity contribution is 6.25. The molecule has 0 spiro atoms. The summed E-state index contributed by atoms with van der Waals surface area (Å²) in [6.45, 7) is 4.64. The first kappa shape index (κ1) is 33.7. The Balaban J connectivity index is 1.01. The van der Waals surface area contributed by atoms with E-state index in [1.807, 2.05) is 0 Å². The van der Waals surface area contributed by atoms with E-state index in [4.69, 9.17) is 0 Å². The van der Waals surface area contributed by atoms with Crippen molar-refractivity contribution in [2.24, 2.45) is 0 Å². The van der Waals surface area contributed by atoms with Crippen molar-refractivity contribution in [1.82, 2.24) is 0 Å². The summed E-state index contributed by atoms with van der Waals surface area (Å²) in [7, 11) is 0. The predicted molar refractivity (Wildman–Crippen MR) is 244 cm³/mol. The molecule has 0 nitrogen and oxygen atoms in total. The van der Waals surface area contributed by atoms with Gasteiger partial charge in [-0.1, -0.05) is 172 Å². The van der Waals surface area contributed by atoms with Crippen molar-refractivity contribution in [3.8, 4) is 34.8 Å². The molecule has 0 aliphatic heterocycles. The molecule has 0 aromatic heterocycles. The highest BCUT2D eigenvalue weighted by Crippen LogP contribution is 2.54. The van der Waals surface area contributed by atoms with E-state index in [1.54, 1.807) is 0 Å². The predicted octanol–water partition coefficient (Wildman–Crippen LogP) is 14.9. The average molecular weight is 727 g/mol. The third-order valence-corrected chi connectivity index (χ3v) is 13.0. The van der Waals surface area contributed by atoms with Crippen LogP contribution in [0.5, 0.6) is 0 Å². The van der Waals surface area contributed by atoms with Crippen LogP contribution in [-0.4, -0.2) is 0 Å². The Morgan fingerprint density at radius 3 is 1.19 bits per heavy atom. The Labute approximate surface area is 334 Å². The first-order chi connectivity index (χ1) is 28.1. The van der Waals surface area contributed by atoms with Crippen LogP contribution in [0.4, 0.5) is 0 Å². The SMILES string of the molecule is CCCCC1(CCCC)c2cc(C#Cc3ccc4ccc5cccc6ccc3c4c56)ccc2-c2ccc(C#Cc3ccc4ccc5cccc6ccc3c4c56)cc21. The lowest BCUT2D eigenvalue weighted by atomic mass is 9.70. The van der Waals surface area contributed by atoms with Gasteiger partial charge in [-0.2, -0.15) is 0 Å². The monoisotopic (exact) mass is 726 g/mol. The third kappa shape index (κ3) is 5.25. The number of hydrogen-bond donors (Lipinski definition) is 0. The van der Waals surface area contributed by atoms with Gasteiger partial charge in [0.15, 0.2) is 0 Å². The van der Waals surface area contributed by atoms with Gasteiger partial charge in [-0.05, 0) is 136 Å². The number of hydrogen-bond acceptors (Lipinski definition) is 0. The maximum Gasteiger partial charge on any atom is 0.0328 e. The molecular formula is C57H42.